The van der Waals surface area contributed by atoms with Crippen LogP contribution in [0.3, 0.4) is 0 Å². The minimum atomic E-state index is 0.178. The normalized spacial score (nSPS) is 12.2. The molecule has 20 heavy (non-hydrogen) atoms. The molecule has 1 aromatic carbocycles. The van der Waals surface area contributed by atoms with Crippen LogP contribution in [-0.2, 0) is 6.54 Å². The first kappa shape index (κ1) is 15.2. The standard InChI is InChI=1S/C15H18ClNO2S/c1-10(17-9-12-5-7-15(16)20-12)13-6-4-11(18-2)8-14(13)19-3/h4-8,10,17H,9H2,1-3H3. The van der Waals surface area contributed by atoms with Crippen molar-refractivity contribution < 1.29 is 9.47 Å². The zero-order valence-corrected chi connectivity index (χ0v) is 13.3. The predicted octanol–water partition coefficient (Wildman–Crippen LogP) is 4.27. The van der Waals surface area contributed by atoms with Crippen LogP contribution in [0.25, 0.3) is 0 Å². The largest absolute Gasteiger partial charge is 0.497 e. The van der Waals surface area contributed by atoms with Gasteiger partial charge in [-0.15, -0.1) is 11.3 Å². The fourth-order valence-electron chi connectivity index (χ4n) is 1.99. The minimum Gasteiger partial charge on any atom is -0.497 e. The Hall–Kier alpha value is -1.23. The zero-order chi connectivity index (χ0) is 14.5. The van der Waals surface area contributed by atoms with Crippen LogP contribution in [0.4, 0.5) is 0 Å². The van der Waals surface area contributed by atoms with Crippen molar-refractivity contribution in [2.24, 2.45) is 0 Å². The van der Waals surface area contributed by atoms with Crippen LogP contribution in [0.2, 0.25) is 4.34 Å². The highest BCUT2D eigenvalue weighted by Gasteiger charge is 2.12. The summed E-state index contributed by atoms with van der Waals surface area (Å²) in [6.07, 6.45) is 0. The molecule has 5 heteroatoms. The second kappa shape index (κ2) is 6.97. The van der Waals surface area contributed by atoms with E-state index in [1.54, 1.807) is 25.6 Å². The molecule has 1 N–H and O–H groups in total. The third kappa shape index (κ3) is 3.66. The van der Waals surface area contributed by atoms with E-state index in [4.69, 9.17) is 21.1 Å². The fraction of sp³-hybridized carbons (Fsp3) is 0.333. The number of hydrogen-bond donors (Lipinski definition) is 1. The van der Waals surface area contributed by atoms with Gasteiger partial charge in [-0.05, 0) is 25.1 Å². The Balaban J connectivity index is 2.06. The van der Waals surface area contributed by atoms with E-state index >= 15 is 0 Å². The van der Waals surface area contributed by atoms with Crippen molar-refractivity contribution in [1.82, 2.24) is 5.32 Å². The lowest BCUT2D eigenvalue weighted by molar-refractivity contribution is 0.386. The number of methoxy groups -OCH3 is 2. The number of ether oxygens (including phenoxy) is 2. The molecular weight excluding hydrogens is 294 g/mol. The summed E-state index contributed by atoms with van der Waals surface area (Å²) < 4.78 is 11.5. The molecule has 1 aromatic heterocycles. The Morgan fingerprint density at radius 2 is 2.00 bits per heavy atom. The molecule has 0 saturated heterocycles. The highest BCUT2D eigenvalue weighted by molar-refractivity contribution is 7.16. The smallest absolute Gasteiger partial charge is 0.127 e. The summed E-state index contributed by atoms with van der Waals surface area (Å²) in [5.41, 5.74) is 1.11. The molecule has 1 heterocycles. The molecule has 0 amide bonds. The molecule has 2 aromatic rings. The number of halogens is 1. The quantitative estimate of drug-likeness (QED) is 0.864. The van der Waals surface area contributed by atoms with Crippen LogP contribution in [0.15, 0.2) is 30.3 Å². The van der Waals surface area contributed by atoms with Gasteiger partial charge in [-0.1, -0.05) is 17.7 Å². The SMILES string of the molecule is COc1ccc(C(C)NCc2ccc(Cl)s2)c(OC)c1. The molecule has 0 radical (unpaired) electrons. The number of benzene rings is 1. The fourth-order valence-corrected chi connectivity index (χ4v) is 3.02. The maximum atomic E-state index is 5.93. The first-order chi connectivity index (χ1) is 9.63. The Labute approximate surface area is 128 Å². The topological polar surface area (TPSA) is 30.5 Å². The molecule has 0 aliphatic carbocycles. The molecule has 0 fully saturated rings. The molecule has 1 unspecified atom stereocenters. The molecule has 2 rings (SSSR count). The lowest BCUT2D eigenvalue weighted by atomic mass is 10.1. The van der Waals surface area contributed by atoms with E-state index in [0.29, 0.717) is 0 Å². The Kier molecular flexibility index (Phi) is 5.29. The average Bonchev–Trinajstić information content (AvgIpc) is 2.89. The van der Waals surface area contributed by atoms with Crippen molar-refractivity contribution in [2.75, 3.05) is 14.2 Å². The predicted molar refractivity (Wildman–Crippen MR) is 84.1 cm³/mol. The van der Waals surface area contributed by atoms with Gasteiger partial charge in [-0.3, -0.25) is 0 Å². The molecule has 0 aliphatic heterocycles. The van der Waals surface area contributed by atoms with Crippen molar-refractivity contribution in [3.05, 3.63) is 45.1 Å². The monoisotopic (exact) mass is 311 g/mol. The maximum Gasteiger partial charge on any atom is 0.127 e. The van der Waals surface area contributed by atoms with Gasteiger partial charge in [-0.25, -0.2) is 0 Å². The van der Waals surface area contributed by atoms with Crippen molar-refractivity contribution in [1.29, 1.82) is 0 Å². The average molecular weight is 312 g/mol. The lowest BCUT2D eigenvalue weighted by Gasteiger charge is -2.17. The summed E-state index contributed by atoms with van der Waals surface area (Å²) in [4.78, 5) is 1.22. The van der Waals surface area contributed by atoms with Gasteiger partial charge in [0.1, 0.15) is 11.5 Å². The summed E-state index contributed by atoms with van der Waals surface area (Å²) in [6, 6.07) is 10.0. The van der Waals surface area contributed by atoms with Gasteiger partial charge in [0.15, 0.2) is 0 Å². The third-order valence-electron chi connectivity index (χ3n) is 3.12. The van der Waals surface area contributed by atoms with E-state index in [1.165, 1.54) is 4.88 Å². The number of nitrogens with one attached hydrogen (secondary N) is 1. The summed E-state index contributed by atoms with van der Waals surface area (Å²) in [7, 11) is 3.32. The number of hydrogen-bond acceptors (Lipinski definition) is 4. The van der Waals surface area contributed by atoms with Gasteiger partial charge in [0.05, 0.1) is 18.6 Å². The van der Waals surface area contributed by atoms with E-state index in [1.807, 2.05) is 30.3 Å². The number of rotatable bonds is 6. The van der Waals surface area contributed by atoms with Gasteiger partial charge in [0, 0.05) is 29.1 Å². The second-order valence-electron chi connectivity index (χ2n) is 4.42. The van der Waals surface area contributed by atoms with Crippen LogP contribution in [0.5, 0.6) is 11.5 Å². The van der Waals surface area contributed by atoms with Crippen LogP contribution < -0.4 is 14.8 Å². The van der Waals surface area contributed by atoms with E-state index in [-0.39, 0.29) is 6.04 Å². The van der Waals surface area contributed by atoms with Crippen LogP contribution in [-0.4, -0.2) is 14.2 Å². The summed E-state index contributed by atoms with van der Waals surface area (Å²) >= 11 is 7.52. The van der Waals surface area contributed by atoms with Crippen molar-refractivity contribution in [3.63, 3.8) is 0 Å². The molecule has 0 bridgehead atoms. The Morgan fingerprint density at radius 3 is 2.60 bits per heavy atom. The van der Waals surface area contributed by atoms with Gasteiger partial charge >= 0.3 is 0 Å². The van der Waals surface area contributed by atoms with E-state index in [2.05, 4.69) is 12.2 Å². The highest BCUT2D eigenvalue weighted by atomic mass is 35.5. The van der Waals surface area contributed by atoms with Crippen LogP contribution >= 0.6 is 22.9 Å². The molecule has 0 saturated carbocycles. The molecule has 3 nitrogen and oxygen atoms in total. The number of thiophene rings is 1. The second-order valence-corrected chi connectivity index (χ2v) is 6.22. The van der Waals surface area contributed by atoms with Gasteiger partial charge in [-0.2, -0.15) is 0 Å². The van der Waals surface area contributed by atoms with E-state index in [9.17, 15) is 0 Å². The van der Waals surface area contributed by atoms with Crippen LogP contribution in [0, 0.1) is 0 Å². The van der Waals surface area contributed by atoms with E-state index in [0.717, 1.165) is 27.9 Å². The highest BCUT2D eigenvalue weighted by Crippen LogP contribution is 2.30. The van der Waals surface area contributed by atoms with Crippen LogP contribution in [0.1, 0.15) is 23.4 Å². The summed E-state index contributed by atoms with van der Waals surface area (Å²) in [5, 5.41) is 3.47. The third-order valence-corrected chi connectivity index (χ3v) is 4.35. The molecule has 0 aliphatic rings. The van der Waals surface area contributed by atoms with Gasteiger partial charge in [0.2, 0.25) is 0 Å². The minimum absolute atomic E-state index is 0.178. The van der Waals surface area contributed by atoms with Crippen molar-refractivity contribution >= 4 is 22.9 Å². The van der Waals surface area contributed by atoms with Crippen molar-refractivity contribution in [2.45, 2.75) is 19.5 Å². The van der Waals surface area contributed by atoms with Gasteiger partial charge in [0.25, 0.3) is 0 Å². The zero-order valence-electron chi connectivity index (χ0n) is 11.8. The molecule has 1 atom stereocenters. The lowest BCUT2D eigenvalue weighted by Crippen LogP contribution is -2.18. The first-order valence-electron chi connectivity index (χ1n) is 6.33. The first-order valence-corrected chi connectivity index (χ1v) is 7.53. The van der Waals surface area contributed by atoms with E-state index < -0.39 is 0 Å². The maximum absolute atomic E-state index is 5.93. The van der Waals surface area contributed by atoms with Gasteiger partial charge < -0.3 is 14.8 Å². The summed E-state index contributed by atoms with van der Waals surface area (Å²) in [5.74, 6) is 1.62. The Bertz CT molecular complexity index is 571. The molecule has 0 spiro atoms. The summed E-state index contributed by atoms with van der Waals surface area (Å²) in [6.45, 7) is 2.90. The Morgan fingerprint density at radius 1 is 1.20 bits per heavy atom. The van der Waals surface area contributed by atoms with Crippen molar-refractivity contribution in [3.8, 4) is 11.5 Å². The molecular formula is C15H18ClNO2S. The molecule has 108 valence electrons.